The van der Waals surface area contributed by atoms with Crippen molar-refractivity contribution in [3.8, 4) is 0 Å². The molecule has 0 heterocycles. The van der Waals surface area contributed by atoms with Crippen LogP contribution in [-0.2, 0) is 0 Å². The Hall–Kier alpha value is 0.0300. The van der Waals surface area contributed by atoms with Gasteiger partial charge in [0.05, 0.1) is 0 Å². The van der Waals surface area contributed by atoms with Crippen molar-refractivity contribution in [3.63, 3.8) is 0 Å². The van der Waals surface area contributed by atoms with Crippen LogP contribution in [0.1, 0.15) is 11.6 Å². The SMILES string of the molecule is NCC(N)c1c(F)cc(Br)cc1Br. The average molecular weight is 312 g/mol. The maximum absolute atomic E-state index is 13.4. The molecule has 1 rings (SSSR count). The molecule has 5 heteroatoms. The predicted molar refractivity (Wildman–Crippen MR) is 57.8 cm³/mol. The molecule has 72 valence electrons. The zero-order valence-electron chi connectivity index (χ0n) is 6.73. The van der Waals surface area contributed by atoms with E-state index in [0.717, 1.165) is 0 Å². The Bertz CT molecular complexity index is 294. The van der Waals surface area contributed by atoms with Crippen molar-refractivity contribution in [2.45, 2.75) is 6.04 Å². The summed E-state index contributed by atoms with van der Waals surface area (Å²) < 4.78 is 14.7. The van der Waals surface area contributed by atoms with E-state index in [1.807, 2.05) is 0 Å². The molecule has 2 nitrogen and oxygen atoms in total. The first-order valence-electron chi connectivity index (χ1n) is 3.66. The molecule has 0 amide bonds. The van der Waals surface area contributed by atoms with Gasteiger partial charge in [0.1, 0.15) is 5.82 Å². The van der Waals surface area contributed by atoms with Crippen molar-refractivity contribution < 1.29 is 4.39 Å². The summed E-state index contributed by atoms with van der Waals surface area (Å²) in [5.41, 5.74) is 11.4. The molecule has 0 saturated carbocycles. The molecule has 4 N–H and O–H groups in total. The fraction of sp³-hybridized carbons (Fsp3) is 0.250. The van der Waals surface area contributed by atoms with Crippen LogP contribution in [-0.4, -0.2) is 6.54 Å². The lowest BCUT2D eigenvalue weighted by molar-refractivity contribution is 0.581. The number of rotatable bonds is 2. The summed E-state index contributed by atoms with van der Waals surface area (Å²) in [6.45, 7) is 0.219. The van der Waals surface area contributed by atoms with Crippen molar-refractivity contribution in [3.05, 3.63) is 32.5 Å². The van der Waals surface area contributed by atoms with Crippen LogP contribution in [0.25, 0.3) is 0 Å². The van der Waals surface area contributed by atoms with E-state index < -0.39 is 6.04 Å². The van der Waals surface area contributed by atoms with Gasteiger partial charge in [-0.3, -0.25) is 0 Å². The molecule has 0 radical (unpaired) electrons. The van der Waals surface area contributed by atoms with Gasteiger partial charge >= 0.3 is 0 Å². The highest BCUT2D eigenvalue weighted by molar-refractivity contribution is 9.11. The van der Waals surface area contributed by atoms with Gasteiger partial charge in [-0.05, 0) is 12.1 Å². The van der Waals surface area contributed by atoms with Gasteiger partial charge < -0.3 is 11.5 Å². The number of nitrogens with two attached hydrogens (primary N) is 2. The van der Waals surface area contributed by atoms with E-state index in [2.05, 4.69) is 31.9 Å². The van der Waals surface area contributed by atoms with Crippen LogP contribution >= 0.6 is 31.9 Å². The third kappa shape index (κ3) is 2.49. The van der Waals surface area contributed by atoms with E-state index in [9.17, 15) is 4.39 Å². The van der Waals surface area contributed by atoms with Crippen LogP contribution in [0.15, 0.2) is 21.1 Å². The summed E-state index contributed by atoms with van der Waals surface area (Å²) in [7, 11) is 0. The summed E-state index contributed by atoms with van der Waals surface area (Å²) in [6.07, 6.45) is 0. The standard InChI is InChI=1S/C8H9Br2FN2/c9-4-1-5(10)8(6(11)2-4)7(13)3-12/h1-2,7H,3,12-13H2. The van der Waals surface area contributed by atoms with Crippen LogP contribution in [0.5, 0.6) is 0 Å². The van der Waals surface area contributed by atoms with Gasteiger partial charge in [-0.15, -0.1) is 0 Å². The number of halogens is 3. The van der Waals surface area contributed by atoms with E-state index in [0.29, 0.717) is 14.5 Å². The normalized spacial score (nSPS) is 13.0. The third-order valence-electron chi connectivity index (χ3n) is 1.67. The Balaban J connectivity index is 3.20. The first kappa shape index (κ1) is 11.1. The summed E-state index contributed by atoms with van der Waals surface area (Å²) in [6, 6.07) is 2.64. The fourth-order valence-corrected chi connectivity index (χ4v) is 2.49. The smallest absolute Gasteiger partial charge is 0.130 e. The lowest BCUT2D eigenvalue weighted by Crippen LogP contribution is -2.22. The van der Waals surface area contributed by atoms with E-state index in [1.165, 1.54) is 6.07 Å². The van der Waals surface area contributed by atoms with E-state index >= 15 is 0 Å². The second-order valence-electron chi connectivity index (χ2n) is 2.63. The van der Waals surface area contributed by atoms with Crippen LogP contribution in [0.3, 0.4) is 0 Å². The van der Waals surface area contributed by atoms with Crippen LogP contribution in [0, 0.1) is 5.82 Å². The maximum atomic E-state index is 13.4. The minimum Gasteiger partial charge on any atom is -0.329 e. The van der Waals surface area contributed by atoms with Crippen molar-refractivity contribution >= 4 is 31.9 Å². The van der Waals surface area contributed by atoms with E-state index in [-0.39, 0.29) is 12.4 Å². The van der Waals surface area contributed by atoms with Gasteiger partial charge in [0.25, 0.3) is 0 Å². The fourth-order valence-electron chi connectivity index (χ4n) is 1.03. The summed E-state index contributed by atoms with van der Waals surface area (Å²) in [4.78, 5) is 0. The lowest BCUT2D eigenvalue weighted by Gasteiger charge is -2.12. The minimum atomic E-state index is -0.470. The molecule has 0 spiro atoms. The predicted octanol–water partition coefficient (Wildman–Crippen LogP) is 2.31. The topological polar surface area (TPSA) is 52.0 Å². The number of hydrogen-bond acceptors (Lipinski definition) is 2. The Morgan fingerprint density at radius 2 is 2.00 bits per heavy atom. The van der Waals surface area contributed by atoms with Crippen LogP contribution in [0.2, 0.25) is 0 Å². The summed E-state index contributed by atoms with van der Waals surface area (Å²) in [5, 5.41) is 0. The van der Waals surface area contributed by atoms with Crippen LogP contribution in [0.4, 0.5) is 4.39 Å². The molecule has 0 aromatic heterocycles. The third-order valence-corrected chi connectivity index (χ3v) is 2.78. The van der Waals surface area contributed by atoms with Crippen molar-refractivity contribution in [2.24, 2.45) is 11.5 Å². The zero-order valence-corrected chi connectivity index (χ0v) is 9.90. The summed E-state index contributed by atoms with van der Waals surface area (Å²) >= 11 is 6.41. The molecule has 0 saturated heterocycles. The highest BCUT2D eigenvalue weighted by Gasteiger charge is 2.14. The molecule has 13 heavy (non-hydrogen) atoms. The molecule has 1 unspecified atom stereocenters. The first-order valence-corrected chi connectivity index (χ1v) is 5.25. The van der Waals surface area contributed by atoms with Crippen molar-refractivity contribution in [1.29, 1.82) is 0 Å². The zero-order chi connectivity index (χ0) is 10.0. The molecular weight excluding hydrogens is 303 g/mol. The molecule has 0 fully saturated rings. The number of hydrogen-bond donors (Lipinski definition) is 2. The van der Waals surface area contributed by atoms with Crippen molar-refractivity contribution in [1.82, 2.24) is 0 Å². The highest BCUT2D eigenvalue weighted by atomic mass is 79.9. The maximum Gasteiger partial charge on any atom is 0.130 e. The van der Waals surface area contributed by atoms with Crippen molar-refractivity contribution in [2.75, 3.05) is 6.54 Å². The molecule has 1 aromatic carbocycles. The average Bonchev–Trinajstić information content (AvgIpc) is 2.02. The Kier molecular flexibility index (Phi) is 3.85. The lowest BCUT2D eigenvalue weighted by atomic mass is 10.1. The molecule has 0 bridgehead atoms. The highest BCUT2D eigenvalue weighted by Crippen LogP contribution is 2.28. The second kappa shape index (κ2) is 4.50. The van der Waals surface area contributed by atoms with E-state index in [4.69, 9.17) is 11.5 Å². The van der Waals surface area contributed by atoms with Gasteiger partial charge in [0.2, 0.25) is 0 Å². The molecule has 0 aliphatic rings. The molecule has 0 aliphatic heterocycles. The first-order chi connectivity index (χ1) is 6.06. The Morgan fingerprint density at radius 1 is 1.38 bits per heavy atom. The largest absolute Gasteiger partial charge is 0.329 e. The summed E-state index contributed by atoms with van der Waals surface area (Å²) in [5.74, 6) is -0.348. The minimum absolute atomic E-state index is 0.219. The van der Waals surface area contributed by atoms with Crippen LogP contribution < -0.4 is 11.5 Å². The monoisotopic (exact) mass is 310 g/mol. The van der Waals surface area contributed by atoms with Gasteiger partial charge in [-0.2, -0.15) is 0 Å². The molecule has 1 atom stereocenters. The van der Waals surface area contributed by atoms with Gasteiger partial charge in [-0.25, -0.2) is 4.39 Å². The quantitative estimate of drug-likeness (QED) is 0.880. The number of benzene rings is 1. The molecule has 0 aliphatic carbocycles. The Morgan fingerprint density at radius 3 is 2.46 bits per heavy atom. The van der Waals surface area contributed by atoms with E-state index in [1.54, 1.807) is 6.07 Å². The van der Waals surface area contributed by atoms with Gasteiger partial charge in [-0.1, -0.05) is 31.9 Å². The Labute approximate surface area is 92.7 Å². The van der Waals surface area contributed by atoms with Gasteiger partial charge in [0, 0.05) is 27.1 Å². The molecule has 1 aromatic rings. The van der Waals surface area contributed by atoms with Gasteiger partial charge in [0.15, 0.2) is 0 Å². The molecular formula is C8H9Br2FN2. The second-order valence-corrected chi connectivity index (χ2v) is 4.40.